The zero-order valence-corrected chi connectivity index (χ0v) is 16.2. The van der Waals surface area contributed by atoms with Gasteiger partial charge < -0.3 is 14.4 Å². The van der Waals surface area contributed by atoms with Crippen LogP contribution in [0.2, 0.25) is 0 Å². The molecule has 2 atom stereocenters. The first kappa shape index (κ1) is 24.1. The van der Waals surface area contributed by atoms with Crippen molar-refractivity contribution in [2.75, 3.05) is 18.1 Å². The second-order valence-electron chi connectivity index (χ2n) is 6.83. The molecule has 33 heavy (non-hydrogen) atoms. The van der Waals surface area contributed by atoms with Crippen molar-refractivity contribution in [1.29, 1.82) is 5.26 Å². The first-order valence-electron chi connectivity index (χ1n) is 8.98. The molecule has 1 heterocycles. The second kappa shape index (κ2) is 8.74. The van der Waals surface area contributed by atoms with Crippen molar-refractivity contribution in [3.8, 4) is 11.8 Å². The van der Waals surface area contributed by atoms with E-state index in [-0.39, 0.29) is 0 Å². The summed E-state index contributed by atoms with van der Waals surface area (Å²) in [5.41, 5.74) is -3.23. The monoisotopic (exact) mass is 479 g/mol. The Labute approximate surface area is 180 Å². The van der Waals surface area contributed by atoms with Crippen LogP contribution in [0.15, 0.2) is 36.4 Å². The molecular weight excluding hydrogens is 467 g/mol. The van der Waals surface area contributed by atoms with Crippen LogP contribution in [0.1, 0.15) is 11.1 Å². The topological polar surface area (TPSA) is 88.6 Å². The van der Waals surface area contributed by atoms with Gasteiger partial charge in [-0.3, -0.25) is 10.1 Å². The minimum absolute atomic E-state index is 0.417. The van der Waals surface area contributed by atoms with Gasteiger partial charge in [0.15, 0.2) is 11.6 Å². The summed E-state index contributed by atoms with van der Waals surface area (Å²) in [4.78, 5) is 10.3. The van der Waals surface area contributed by atoms with Crippen molar-refractivity contribution < 1.29 is 45.1 Å². The molecule has 0 saturated carbocycles. The molecule has 2 aromatic carbocycles. The van der Waals surface area contributed by atoms with E-state index in [1.165, 1.54) is 6.07 Å². The van der Waals surface area contributed by atoms with Crippen LogP contribution < -0.4 is 9.64 Å². The molecule has 1 aliphatic rings. The number of non-ortho nitro benzene ring substituents is 1. The third kappa shape index (κ3) is 5.25. The van der Waals surface area contributed by atoms with Gasteiger partial charge in [0.25, 0.3) is 5.69 Å². The maximum absolute atomic E-state index is 13.9. The molecule has 1 aliphatic heterocycles. The Kier molecular flexibility index (Phi) is 6.37. The van der Waals surface area contributed by atoms with Crippen molar-refractivity contribution >= 4 is 11.4 Å². The Bertz CT molecular complexity index is 1100. The summed E-state index contributed by atoms with van der Waals surface area (Å²) in [6, 6.07) is 5.83. The molecule has 0 N–H and O–H groups in total. The molecule has 0 radical (unpaired) electrons. The van der Waals surface area contributed by atoms with Gasteiger partial charge in [0.1, 0.15) is 12.7 Å². The maximum Gasteiger partial charge on any atom is 0.433 e. The summed E-state index contributed by atoms with van der Waals surface area (Å²) in [5.74, 6) is -1.61. The molecular formula is C19H12F7N3O4. The molecule has 0 bridgehead atoms. The number of anilines is 1. The lowest BCUT2D eigenvalue weighted by molar-refractivity contribution is -0.385. The van der Waals surface area contributed by atoms with E-state index in [0.29, 0.717) is 17.0 Å². The molecule has 0 spiro atoms. The Balaban J connectivity index is 1.83. The first-order chi connectivity index (χ1) is 15.3. The lowest BCUT2D eigenvalue weighted by Gasteiger charge is -2.27. The summed E-state index contributed by atoms with van der Waals surface area (Å²) < 4.78 is 104. The lowest BCUT2D eigenvalue weighted by Crippen LogP contribution is -2.42. The van der Waals surface area contributed by atoms with Crippen LogP contribution >= 0.6 is 0 Å². The standard InChI is InChI=1S/C19H12F7N3O4/c20-15-6-12(29(30)31)3-4-16(15)32-9-13-8-28(17(33-13)19(24,25)26)11-2-1-10(7-27)14(5-11)18(21,22)23/h1-6,13,17H,8-9H2. The van der Waals surface area contributed by atoms with Gasteiger partial charge in [-0.2, -0.15) is 31.6 Å². The highest BCUT2D eigenvalue weighted by molar-refractivity contribution is 5.56. The van der Waals surface area contributed by atoms with E-state index in [1.54, 1.807) is 0 Å². The number of halogens is 7. The number of alkyl halides is 6. The lowest BCUT2D eigenvalue weighted by atomic mass is 10.1. The number of hydrogen-bond donors (Lipinski definition) is 0. The fraction of sp³-hybridized carbons (Fsp3) is 0.316. The summed E-state index contributed by atoms with van der Waals surface area (Å²) in [6.07, 6.45) is -13.9. The number of benzene rings is 2. The highest BCUT2D eigenvalue weighted by atomic mass is 19.4. The van der Waals surface area contributed by atoms with E-state index in [4.69, 9.17) is 14.7 Å². The normalized spacial score (nSPS) is 18.8. The van der Waals surface area contributed by atoms with Crippen molar-refractivity contribution in [3.05, 3.63) is 63.5 Å². The molecule has 0 aliphatic carbocycles. The van der Waals surface area contributed by atoms with Crippen molar-refractivity contribution in [1.82, 2.24) is 0 Å². The van der Waals surface area contributed by atoms with Crippen LogP contribution in [0.25, 0.3) is 0 Å². The molecule has 7 nitrogen and oxygen atoms in total. The number of ether oxygens (including phenoxy) is 2. The first-order valence-corrected chi connectivity index (χ1v) is 8.98. The van der Waals surface area contributed by atoms with Crippen LogP contribution in [0, 0.1) is 27.3 Å². The highest BCUT2D eigenvalue weighted by Crippen LogP contribution is 2.39. The minimum atomic E-state index is -5.00. The fourth-order valence-electron chi connectivity index (χ4n) is 3.15. The van der Waals surface area contributed by atoms with E-state index in [2.05, 4.69) is 0 Å². The quantitative estimate of drug-likeness (QED) is 0.348. The highest BCUT2D eigenvalue weighted by Gasteiger charge is 2.51. The Morgan fingerprint density at radius 2 is 1.88 bits per heavy atom. The zero-order chi connectivity index (χ0) is 24.6. The van der Waals surface area contributed by atoms with Gasteiger partial charge in [-0.15, -0.1) is 0 Å². The maximum atomic E-state index is 13.9. The third-order valence-corrected chi connectivity index (χ3v) is 4.60. The van der Waals surface area contributed by atoms with Gasteiger partial charge in [0, 0.05) is 11.8 Å². The number of nitro groups is 1. The van der Waals surface area contributed by atoms with Gasteiger partial charge >= 0.3 is 12.4 Å². The molecule has 0 aromatic heterocycles. The van der Waals surface area contributed by atoms with E-state index < -0.39 is 76.8 Å². The average Bonchev–Trinajstić information content (AvgIpc) is 3.16. The number of nitrogens with zero attached hydrogens (tertiary/aromatic N) is 3. The SMILES string of the molecule is N#Cc1ccc(N2CC(COc3ccc([N+](=O)[O-])cc3F)OC2C(F)(F)F)cc1C(F)(F)F. The molecule has 1 saturated heterocycles. The van der Waals surface area contributed by atoms with Gasteiger partial charge in [0.2, 0.25) is 6.23 Å². The average molecular weight is 479 g/mol. The molecule has 14 heteroatoms. The Hall–Kier alpha value is -3.60. The van der Waals surface area contributed by atoms with E-state index in [0.717, 1.165) is 24.3 Å². The second-order valence-corrected chi connectivity index (χ2v) is 6.83. The molecule has 2 aromatic rings. The molecule has 1 fully saturated rings. The third-order valence-electron chi connectivity index (χ3n) is 4.60. The number of nitriles is 1. The van der Waals surface area contributed by atoms with Crippen LogP contribution in [0.3, 0.4) is 0 Å². The van der Waals surface area contributed by atoms with Crippen molar-refractivity contribution in [3.63, 3.8) is 0 Å². The molecule has 2 unspecified atom stereocenters. The van der Waals surface area contributed by atoms with E-state index in [9.17, 15) is 40.8 Å². The van der Waals surface area contributed by atoms with Crippen molar-refractivity contribution in [2.45, 2.75) is 24.7 Å². The summed E-state index contributed by atoms with van der Waals surface area (Å²) in [7, 11) is 0. The Morgan fingerprint density at radius 1 is 1.18 bits per heavy atom. The van der Waals surface area contributed by atoms with Gasteiger partial charge in [0.05, 0.1) is 34.7 Å². The van der Waals surface area contributed by atoms with Crippen LogP contribution in [-0.2, 0) is 10.9 Å². The van der Waals surface area contributed by atoms with Crippen molar-refractivity contribution in [2.24, 2.45) is 0 Å². The number of nitro benzene ring substituents is 1. The zero-order valence-electron chi connectivity index (χ0n) is 16.2. The van der Waals surface area contributed by atoms with Gasteiger partial charge in [-0.05, 0) is 24.3 Å². The number of hydrogen-bond acceptors (Lipinski definition) is 6. The van der Waals surface area contributed by atoms with E-state index >= 15 is 0 Å². The number of rotatable bonds is 5. The van der Waals surface area contributed by atoms with Crippen LogP contribution in [0.5, 0.6) is 5.75 Å². The van der Waals surface area contributed by atoms with Gasteiger partial charge in [-0.25, -0.2) is 4.39 Å². The van der Waals surface area contributed by atoms with Crippen LogP contribution in [-0.4, -0.2) is 36.6 Å². The summed E-state index contributed by atoms with van der Waals surface area (Å²) in [5, 5.41) is 19.5. The minimum Gasteiger partial charge on any atom is -0.488 e. The summed E-state index contributed by atoms with van der Waals surface area (Å²) in [6.45, 7) is -1.19. The molecule has 0 amide bonds. The van der Waals surface area contributed by atoms with Crippen LogP contribution in [0.4, 0.5) is 42.1 Å². The Morgan fingerprint density at radius 3 is 2.42 bits per heavy atom. The smallest absolute Gasteiger partial charge is 0.433 e. The molecule has 176 valence electrons. The fourth-order valence-corrected chi connectivity index (χ4v) is 3.15. The largest absolute Gasteiger partial charge is 0.488 e. The predicted molar refractivity (Wildman–Crippen MR) is 96.8 cm³/mol. The van der Waals surface area contributed by atoms with Gasteiger partial charge in [-0.1, -0.05) is 0 Å². The summed E-state index contributed by atoms with van der Waals surface area (Å²) >= 11 is 0. The van der Waals surface area contributed by atoms with E-state index in [1.807, 2.05) is 0 Å². The predicted octanol–water partition coefficient (Wildman–Crippen LogP) is 4.80. The molecule has 3 rings (SSSR count).